The average Bonchev–Trinajstić information content (AvgIpc) is 2.93. The van der Waals surface area contributed by atoms with Crippen molar-refractivity contribution < 1.29 is 9.50 Å². The second-order valence-corrected chi connectivity index (χ2v) is 5.06. The van der Waals surface area contributed by atoms with Crippen LogP contribution in [-0.4, -0.2) is 18.3 Å². The van der Waals surface area contributed by atoms with Gasteiger partial charge in [0.25, 0.3) is 0 Å². The van der Waals surface area contributed by atoms with Gasteiger partial charge in [-0.2, -0.15) is 0 Å². The molecule has 0 amide bonds. The monoisotopic (exact) mass is 273 g/mol. The molecule has 1 fully saturated rings. The van der Waals surface area contributed by atoms with Gasteiger partial charge in [-0.25, -0.2) is 4.39 Å². The SMILES string of the molecule is NCC1(CO)CC1c1ccc(Br)cc1F. The Kier molecular flexibility index (Phi) is 2.83. The van der Waals surface area contributed by atoms with E-state index in [1.54, 1.807) is 6.07 Å². The first-order valence-electron chi connectivity index (χ1n) is 4.89. The minimum Gasteiger partial charge on any atom is -0.396 e. The van der Waals surface area contributed by atoms with Crippen molar-refractivity contribution in [1.29, 1.82) is 0 Å². The molecule has 15 heavy (non-hydrogen) atoms. The van der Waals surface area contributed by atoms with Gasteiger partial charge in [0.1, 0.15) is 5.82 Å². The summed E-state index contributed by atoms with van der Waals surface area (Å²) in [6.45, 7) is 0.438. The lowest BCUT2D eigenvalue weighted by Gasteiger charge is -2.11. The van der Waals surface area contributed by atoms with Crippen molar-refractivity contribution >= 4 is 15.9 Å². The fourth-order valence-electron chi connectivity index (χ4n) is 2.04. The Balaban J connectivity index is 2.26. The van der Waals surface area contributed by atoms with Crippen LogP contribution in [0.2, 0.25) is 0 Å². The third-order valence-electron chi connectivity index (χ3n) is 3.25. The van der Waals surface area contributed by atoms with Crippen LogP contribution < -0.4 is 5.73 Å². The van der Waals surface area contributed by atoms with E-state index in [0.29, 0.717) is 12.1 Å². The van der Waals surface area contributed by atoms with Crippen LogP contribution in [0.25, 0.3) is 0 Å². The highest BCUT2D eigenvalue weighted by Gasteiger charge is 2.54. The lowest BCUT2D eigenvalue weighted by Crippen LogP contribution is -2.21. The predicted octanol–water partition coefficient (Wildman–Crippen LogP) is 2.01. The first-order chi connectivity index (χ1) is 7.13. The molecule has 0 aliphatic heterocycles. The smallest absolute Gasteiger partial charge is 0.127 e. The summed E-state index contributed by atoms with van der Waals surface area (Å²) in [6.07, 6.45) is 0.776. The zero-order valence-corrected chi connectivity index (χ0v) is 9.80. The van der Waals surface area contributed by atoms with Crippen molar-refractivity contribution in [3.8, 4) is 0 Å². The molecular formula is C11H13BrFNO. The van der Waals surface area contributed by atoms with Crippen LogP contribution in [0.15, 0.2) is 22.7 Å². The molecule has 2 atom stereocenters. The van der Waals surface area contributed by atoms with Crippen molar-refractivity contribution in [3.63, 3.8) is 0 Å². The lowest BCUT2D eigenvalue weighted by molar-refractivity contribution is 0.211. The molecule has 0 spiro atoms. The maximum atomic E-state index is 13.6. The van der Waals surface area contributed by atoms with Gasteiger partial charge in [-0.3, -0.25) is 0 Å². The highest BCUT2D eigenvalue weighted by molar-refractivity contribution is 9.10. The Morgan fingerprint density at radius 2 is 2.33 bits per heavy atom. The van der Waals surface area contributed by atoms with Gasteiger partial charge in [0.05, 0.1) is 6.61 Å². The van der Waals surface area contributed by atoms with Crippen molar-refractivity contribution in [2.45, 2.75) is 12.3 Å². The Labute approximate surface area is 96.4 Å². The van der Waals surface area contributed by atoms with E-state index in [1.807, 2.05) is 6.07 Å². The van der Waals surface area contributed by atoms with Crippen LogP contribution in [0.4, 0.5) is 4.39 Å². The summed E-state index contributed by atoms with van der Waals surface area (Å²) in [6, 6.07) is 5.03. The molecule has 1 aliphatic carbocycles. The second-order valence-electron chi connectivity index (χ2n) is 4.15. The standard InChI is InChI=1S/C11H13BrFNO/c12-7-1-2-8(10(13)3-7)9-4-11(9,5-14)6-15/h1-3,9,15H,4-6,14H2. The lowest BCUT2D eigenvalue weighted by atomic mass is 10.00. The number of rotatable bonds is 3. The van der Waals surface area contributed by atoms with Crippen LogP contribution in [0.1, 0.15) is 17.9 Å². The van der Waals surface area contributed by atoms with Crippen molar-refractivity contribution in [2.24, 2.45) is 11.1 Å². The zero-order valence-electron chi connectivity index (χ0n) is 8.21. The Morgan fingerprint density at radius 1 is 1.60 bits per heavy atom. The fourth-order valence-corrected chi connectivity index (χ4v) is 2.37. The van der Waals surface area contributed by atoms with Gasteiger partial charge in [-0.05, 0) is 30.0 Å². The van der Waals surface area contributed by atoms with E-state index in [2.05, 4.69) is 15.9 Å². The van der Waals surface area contributed by atoms with Crippen molar-refractivity contribution in [2.75, 3.05) is 13.2 Å². The van der Waals surface area contributed by atoms with Crippen molar-refractivity contribution in [3.05, 3.63) is 34.1 Å². The van der Waals surface area contributed by atoms with Gasteiger partial charge in [0.15, 0.2) is 0 Å². The van der Waals surface area contributed by atoms with Gasteiger partial charge >= 0.3 is 0 Å². The molecule has 1 aliphatic rings. The molecule has 1 aromatic rings. The van der Waals surface area contributed by atoms with E-state index in [1.165, 1.54) is 6.07 Å². The summed E-state index contributed by atoms with van der Waals surface area (Å²) in [5.41, 5.74) is 5.98. The van der Waals surface area contributed by atoms with Gasteiger partial charge in [-0.15, -0.1) is 0 Å². The predicted molar refractivity (Wildman–Crippen MR) is 60.0 cm³/mol. The van der Waals surface area contributed by atoms with E-state index in [0.717, 1.165) is 10.9 Å². The van der Waals surface area contributed by atoms with Crippen molar-refractivity contribution in [1.82, 2.24) is 0 Å². The van der Waals surface area contributed by atoms with E-state index < -0.39 is 0 Å². The first-order valence-corrected chi connectivity index (χ1v) is 5.68. The zero-order chi connectivity index (χ0) is 11.1. The molecule has 3 N–H and O–H groups in total. The van der Waals surface area contributed by atoms with E-state index in [4.69, 9.17) is 5.73 Å². The topological polar surface area (TPSA) is 46.2 Å². The summed E-state index contributed by atoms with van der Waals surface area (Å²) in [4.78, 5) is 0. The maximum Gasteiger partial charge on any atom is 0.127 e. The summed E-state index contributed by atoms with van der Waals surface area (Å²) in [5, 5.41) is 9.22. The first kappa shape index (κ1) is 11.0. The summed E-state index contributed by atoms with van der Waals surface area (Å²) >= 11 is 3.21. The Bertz CT molecular complexity index is 379. The van der Waals surface area contributed by atoms with E-state index >= 15 is 0 Å². The number of hydrogen-bond acceptors (Lipinski definition) is 2. The van der Waals surface area contributed by atoms with Gasteiger partial charge in [-0.1, -0.05) is 22.0 Å². The molecule has 0 radical (unpaired) electrons. The maximum absolute atomic E-state index is 13.6. The van der Waals surface area contributed by atoms with E-state index in [-0.39, 0.29) is 23.8 Å². The average molecular weight is 274 g/mol. The largest absolute Gasteiger partial charge is 0.396 e. The highest BCUT2D eigenvalue weighted by Crippen LogP contribution is 2.58. The second kappa shape index (κ2) is 3.85. The third kappa shape index (κ3) is 1.82. The fraction of sp³-hybridized carbons (Fsp3) is 0.455. The number of aliphatic hydroxyl groups is 1. The third-order valence-corrected chi connectivity index (χ3v) is 3.74. The van der Waals surface area contributed by atoms with Gasteiger partial charge in [0, 0.05) is 16.4 Å². The number of benzene rings is 1. The van der Waals surface area contributed by atoms with Crippen LogP contribution in [-0.2, 0) is 0 Å². The number of halogens is 2. The molecule has 0 saturated heterocycles. The molecule has 1 saturated carbocycles. The van der Waals surface area contributed by atoms with Crippen LogP contribution in [0.3, 0.4) is 0 Å². The Hall–Kier alpha value is -0.450. The van der Waals surface area contributed by atoms with Crippen LogP contribution in [0.5, 0.6) is 0 Å². The molecule has 82 valence electrons. The van der Waals surface area contributed by atoms with Gasteiger partial charge < -0.3 is 10.8 Å². The molecule has 0 bridgehead atoms. The minimum absolute atomic E-state index is 0.0314. The van der Waals surface area contributed by atoms with Crippen LogP contribution >= 0.6 is 15.9 Å². The quantitative estimate of drug-likeness (QED) is 0.885. The van der Waals surface area contributed by atoms with Gasteiger partial charge in [0.2, 0.25) is 0 Å². The molecule has 2 nitrogen and oxygen atoms in total. The highest BCUT2D eigenvalue weighted by atomic mass is 79.9. The summed E-state index contributed by atoms with van der Waals surface area (Å²) < 4.78 is 14.3. The molecule has 0 heterocycles. The summed E-state index contributed by atoms with van der Waals surface area (Å²) in [7, 11) is 0. The molecule has 0 aromatic heterocycles. The number of nitrogens with two attached hydrogens (primary N) is 1. The molecule has 1 aromatic carbocycles. The molecule has 2 rings (SSSR count). The normalized spacial score (nSPS) is 29.2. The minimum atomic E-state index is -0.283. The number of aliphatic hydroxyl groups excluding tert-OH is 1. The van der Waals surface area contributed by atoms with Crippen LogP contribution in [0, 0.1) is 11.2 Å². The summed E-state index contributed by atoms with van der Waals surface area (Å²) in [5.74, 6) is -0.154. The molecule has 4 heteroatoms. The molecular weight excluding hydrogens is 261 g/mol. The van der Waals surface area contributed by atoms with E-state index in [9.17, 15) is 9.50 Å². The Morgan fingerprint density at radius 3 is 2.80 bits per heavy atom. The molecule has 2 unspecified atom stereocenters. The number of hydrogen-bond donors (Lipinski definition) is 2.